The van der Waals surface area contributed by atoms with E-state index in [0.29, 0.717) is 18.8 Å². The molecule has 4 nitrogen and oxygen atoms in total. The smallest absolute Gasteiger partial charge is 0.255 e. The molecule has 2 rings (SSSR count). The lowest BCUT2D eigenvalue weighted by molar-refractivity contribution is 0.0249. The summed E-state index contributed by atoms with van der Waals surface area (Å²) in [6, 6.07) is 3.02. The number of amides is 1. The summed E-state index contributed by atoms with van der Waals surface area (Å²) in [5.41, 5.74) is 6.36. The second kappa shape index (κ2) is 5.57. The minimum Gasteiger partial charge on any atom is -0.399 e. The molecule has 2 atom stereocenters. The highest BCUT2D eigenvalue weighted by atomic mass is 35.5. The van der Waals surface area contributed by atoms with Crippen LogP contribution >= 0.6 is 23.2 Å². The van der Waals surface area contributed by atoms with Gasteiger partial charge in [0.2, 0.25) is 0 Å². The van der Waals surface area contributed by atoms with Crippen molar-refractivity contribution in [1.29, 1.82) is 0 Å². The molecule has 104 valence electrons. The van der Waals surface area contributed by atoms with Gasteiger partial charge < -0.3 is 15.7 Å². The molecule has 0 bridgehead atoms. The maximum Gasteiger partial charge on any atom is 0.255 e. The summed E-state index contributed by atoms with van der Waals surface area (Å²) in [4.78, 5) is 14.0. The number of carbonyl (C=O) groups is 1. The van der Waals surface area contributed by atoms with E-state index < -0.39 is 6.10 Å². The second-order valence-corrected chi connectivity index (χ2v) is 5.73. The maximum absolute atomic E-state index is 12.4. The number of rotatable bonds is 1. The molecule has 1 aromatic carbocycles. The van der Waals surface area contributed by atoms with Gasteiger partial charge in [0, 0.05) is 18.8 Å². The van der Waals surface area contributed by atoms with Crippen LogP contribution in [0.4, 0.5) is 5.69 Å². The van der Waals surface area contributed by atoms with Gasteiger partial charge in [-0.2, -0.15) is 0 Å². The average Bonchev–Trinajstić information content (AvgIpc) is 2.36. The monoisotopic (exact) mass is 302 g/mol. The van der Waals surface area contributed by atoms with Crippen molar-refractivity contribution in [3.05, 3.63) is 27.7 Å². The van der Waals surface area contributed by atoms with Crippen LogP contribution in [0, 0.1) is 5.92 Å². The van der Waals surface area contributed by atoms with Crippen molar-refractivity contribution in [1.82, 2.24) is 4.90 Å². The Balaban J connectivity index is 2.25. The van der Waals surface area contributed by atoms with Crippen molar-refractivity contribution in [2.24, 2.45) is 5.92 Å². The number of halogens is 2. The number of β-amino-alcohol motifs (C(OH)–C–C–N with tert-alkyl or cyclic N) is 1. The highest BCUT2D eigenvalue weighted by molar-refractivity contribution is 6.44. The van der Waals surface area contributed by atoms with Gasteiger partial charge in [-0.25, -0.2) is 0 Å². The Hall–Kier alpha value is -0.970. The fraction of sp³-hybridized carbons (Fsp3) is 0.462. The number of hydrogen-bond acceptors (Lipinski definition) is 3. The van der Waals surface area contributed by atoms with Crippen LogP contribution in [0.2, 0.25) is 10.0 Å². The van der Waals surface area contributed by atoms with Gasteiger partial charge in [0.1, 0.15) is 0 Å². The molecule has 2 unspecified atom stereocenters. The number of aliphatic hydroxyl groups excluding tert-OH is 1. The standard InChI is InChI=1S/C13H16Cl2N2O2/c1-7-2-3-17(6-11(7)18)13(19)9-4-8(16)5-10(14)12(9)15/h4-5,7,11,18H,2-3,6,16H2,1H3. The van der Waals surface area contributed by atoms with Crippen molar-refractivity contribution in [2.75, 3.05) is 18.8 Å². The summed E-state index contributed by atoms with van der Waals surface area (Å²) in [5.74, 6) is -0.0471. The van der Waals surface area contributed by atoms with E-state index in [4.69, 9.17) is 28.9 Å². The van der Waals surface area contributed by atoms with Crippen LogP contribution in [0.25, 0.3) is 0 Å². The summed E-state index contributed by atoms with van der Waals surface area (Å²) < 4.78 is 0. The van der Waals surface area contributed by atoms with E-state index in [-0.39, 0.29) is 27.4 Å². The van der Waals surface area contributed by atoms with Gasteiger partial charge >= 0.3 is 0 Å². The van der Waals surface area contributed by atoms with Gasteiger partial charge in [-0.05, 0) is 24.5 Å². The van der Waals surface area contributed by atoms with Crippen molar-refractivity contribution < 1.29 is 9.90 Å². The highest BCUT2D eigenvalue weighted by Crippen LogP contribution is 2.30. The van der Waals surface area contributed by atoms with Gasteiger partial charge in [0.25, 0.3) is 5.91 Å². The second-order valence-electron chi connectivity index (χ2n) is 4.95. The topological polar surface area (TPSA) is 66.6 Å². The van der Waals surface area contributed by atoms with Crippen LogP contribution in [-0.4, -0.2) is 35.1 Å². The lowest BCUT2D eigenvalue weighted by Crippen LogP contribution is -2.45. The predicted molar refractivity (Wildman–Crippen MR) is 76.6 cm³/mol. The number of carbonyl (C=O) groups excluding carboxylic acids is 1. The van der Waals surface area contributed by atoms with E-state index in [1.165, 1.54) is 12.1 Å². The van der Waals surface area contributed by atoms with Gasteiger partial charge in [0.05, 0.1) is 21.7 Å². The molecular formula is C13H16Cl2N2O2. The molecule has 0 spiro atoms. The molecule has 19 heavy (non-hydrogen) atoms. The molecule has 1 fully saturated rings. The molecule has 1 aliphatic heterocycles. The summed E-state index contributed by atoms with van der Waals surface area (Å²) in [6.07, 6.45) is 0.258. The minimum absolute atomic E-state index is 0.198. The van der Waals surface area contributed by atoms with Crippen molar-refractivity contribution in [2.45, 2.75) is 19.4 Å². The Morgan fingerprint density at radius 3 is 2.79 bits per heavy atom. The Kier molecular flexibility index (Phi) is 4.23. The Labute approximate surface area is 122 Å². The fourth-order valence-corrected chi connectivity index (χ4v) is 2.59. The first-order chi connectivity index (χ1) is 8.90. The number of anilines is 1. The first-order valence-corrected chi connectivity index (χ1v) is 6.87. The van der Waals surface area contributed by atoms with Crippen LogP contribution in [0.1, 0.15) is 23.7 Å². The molecule has 0 saturated carbocycles. The first-order valence-electron chi connectivity index (χ1n) is 6.12. The molecular weight excluding hydrogens is 287 g/mol. The zero-order valence-corrected chi connectivity index (χ0v) is 12.1. The number of nitrogens with two attached hydrogens (primary N) is 1. The Morgan fingerprint density at radius 1 is 1.47 bits per heavy atom. The van der Waals surface area contributed by atoms with Gasteiger partial charge in [0.15, 0.2) is 0 Å². The molecule has 1 heterocycles. The number of benzene rings is 1. The predicted octanol–water partition coefficient (Wildman–Crippen LogP) is 2.42. The van der Waals surface area contributed by atoms with Crippen molar-refractivity contribution >= 4 is 34.8 Å². The summed E-state index contributed by atoms with van der Waals surface area (Å²) >= 11 is 12.0. The van der Waals surface area contributed by atoms with E-state index in [9.17, 15) is 9.90 Å². The van der Waals surface area contributed by atoms with E-state index >= 15 is 0 Å². The van der Waals surface area contributed by atoms with Crippen LogP contribution in [0.15, 0.2) is 12.1 Å². The lowest BCUT2D eigenvalue weighted by atomic mass is 9.95. The van der Waals surface area contributed by atoms with Crippen LogP contribution < -0.4 is 5.73 Å². The molecule has 1 saturated heterocycles. The molecule has 1 aliphatic rings. The molecule has 6 heteroatoms. The van der Waals surface area contributed by atoms with E-state index in [0.717, 1.165) is 6.42 Å². The highest BCUT2D eigenvalue weighted by Gasteiger charge is 2.29. The van der Waals surface area contributed by atoms with Crippen molar-refractivity contribution in [3.8, 4) is 0 Å². The third-order valence-corrected chi connectivity index (χ3v) is 4.29. The number of nitrogens with zero attached hydrogens (tertiary/aromatic N) is 1. The average molecular weight is 303 g/mol. The SMILES string of the molecule is CC1CCN(C(=O)c2cc(N)cc(Cl)c2Cl)CC1O. The normalized spacial score (nSPS) is 23.5. The third kappa shape index (κ3) is 2.96. The molecule has 3 N–H and O–H groups in total. The molecule has 1 aromatic rings. The van der Waals surface area contributed by atoms with Crippen LogP contribution in [-0.2, 0) is 0 Å². The summed E-state index contributed by atoms with van der Waals surface area (Å²) in [5, 5.41) is 10.3. The third-order valence-electron chi connectivity index (χ3n) is 3.49. The first kappa shape index (κ1) is 14.4. The minimum atomic E-state index is -0.506. The Bertz CT molecular complexity index is 508. The zero-order valence-electron chi connectivity index (χ0n) is 10.6. The largest absolute Gasteiger partial charge is 0.399 e. The zero-order chi connectivity index (χ0) is 14.2. The number of likely N-dealkylation sites (tertiary alicyclic amines) is 1. The number of piperidine rings is 1. The summed E-state index contributed by atoms with van der Waals surface area (Å²) in [7, 11) is 0. The van der Waals surface area contributed by atoms with E-state index in [1.54, 1.807) is 4.90 Å². The molecule has 0 aliphatic carbocycles. The van der Waals surface area contributed by atoms with Crippen LogP contribution in [0.3, 0.4) is 0 Å². The van der Waals surface area contributed by atoms with Crippen LogP contribution in [0.5, 0.6) is 0 Å². The van der Waals surface area contributed by atoms with Gasteiger partial charge in [-0.15, -0.1) is 0 Å². The molecule has 1 amide bonds. The maximum atomic E-state index is 12.4. The van der Waals surface area contributed by atoms with E-state index in [2.05, 4.69) is 0 Å². The van der Waals surface area contributed by atoms with Gasteiger partial charge in [-0.3, -0.25) is 4.79 Å². The molecule has 0 radical (unpaired) electrons. The number of aliphatic hydroxyl groups is 1. The van der Waals surface area contributed by atoms with Crippen molar-refractivity contribution in [3.63, 3.8) is 0 Å². The number of hydrogen-bond donors (Lipinski definition) is 2. The number of nitrogen functional groups attached to an aromatic ring is 1. The van der Waals surface area contributed by atoms with Gasteiger partial charge in [-0.1, -0.05) is 30.1 Å². The fourth-order valence-electron chi connectivity index (χ4n) is 2.17. The Morgan fingerprint density at radius 2 is 2.16 bits per heavy atom. The molecule has 0 aromatic heterocycles. The quantitative estimate of drug-likeness (QED) is 0.783. The summed E-state index contributed by atoms with van der Waals surface area (Å²) in [6.45, 7) is 2.87. The van der Waals surface area contributed by atoms with E-state index in [1.807, 2.05) is 6.92 Å². The lowest BCUT2D eigenvalue weighted by Gasteiger charge is -2.34.